The third kappa shape index (κ3) is 3.42. The maximum absolute atomic E-state index is 12.4. The second-order valence-corrected chi connectivity index (χ2v) is 5.21. The van der Waals surface area contributed by atoms with E-state index >= 15 is 0 Å². The van der Waals surface area contributed by atoms with Gasteiger partial charge < -0.3 is 10.2 Å². The van der Waals surface area contributed by atoms with E-state index in [-0.39, 0.29) is 11.9 Å². The van der Waals surface area contributed by atoms with Crippen molar-refractivity contribution in [3.8, 4) is 0 Å². The van der Waals surface area contributed by atoms with Crippen LogP contribution in [0.15, 0.2) is 36.4 Å². The van der Waals surface area contributed by atoms with Gasteiger partial charge in [0.25, 0.3) is 5.91 Å². The minimum absolute atomic E-state index is 0.0158. The number of hydrogen-bond acceptors (Lipinski definition) is 2. The summed E-state index contributed by atoms with van der Waals surface area (Å²) in [5.41, 5.74) is 2.39. The molecular weight excluding hydrogens is 266 g/mol. The summed E-state index contributed by atoms with van der Waals surface area (Å²) < 4.78 is 0. The van der Waals surface area contributed by atoms with Gasteiger partial charge in [-0.15, -0.1) is 0 Å². The number of nitrogens with one attached hydrogen (secondary N) is 1. The number of nitrogens with zero attached hydrogens (tertiary/aromatic N) is 2. The van der Waals surface area contributed by atoms with Gasteiger partial charge in [0.15, 0.2) is 0 Å². The predicted molar refractivity (Wildman–Crippen MR) is 83.6 cm³/mol. The van der Waals surface area contributed by atoms with E-state index in [1.54, 1.807) is 21.9 Å². The standard InChI is InChI=1S/C16H21N3O2/c1-4-18(11-12(2)3)15(20)13-5-7-14(8-6-13)19-10-9-17-16(19)21/h5-8H,2,4,9-11H2,1,3H3,(H,17,21). The average molecular weight is 287 g/mol. The fraction of sp³-hybridized carbons (Fsp3) is 0.375. The molecule has 0 unspecified atom stereocenters. The number of likely N-dealkylation sites (N-methyl/N-ethyl adjacent to an activating group) is 1. The Hall–Kier alpha value is -2.30. The summed E-state index contributed by atoms with van der Waals surface area (Å²) in [7, 11) is 0. The van der Waals surface area contributed by atoms with Crippen molar-refractivity contribution in [2.45, 2.75) is 13.8 Å². The molecule has 112 valence electrons. The summed E-state index contributed by atoms with van der Waals surface area (Å²) >= 11 is 0. The van der Waals surface area contributed by atoms with E-state index in [1.165, 1.54) is 0 Å². The SMILES string of the molecule is C=C(C)CN(CC)C(=O)c1ccc(N2CCNC2=O)cc1. The first kappa shape index (κ1) is 15.1. The number of rotatable bonds is 5. The largest absolute Gasteiger partial charge is 0.336 e. The zero-order valence-corrected chi connectivity index (χ0v) is 12.6. The van der Waals surface area contributed by atoms with Crippen LogP contribution < -0.4 is 10.2 Å². The maximum atomic E-state index is 12.4. The molecule has 1 heterocycles. The molecule has 0 radical (unpaired) electrons. The number of benzene rings is 1. The molecule has 0 atom stereocenters. The third-order valence-electron chi connectivity index (χ3n) is 3.41. The minimum atomic E-state index is -0.0912. The Balaban J connectivity index is 2.12. The summed E-state index contributed by atoms with van der Waals surface area (Å²) in [6.07, 6.45) is 0. The van der Waals surface area contributed by atoms with Gasteiger partial charge in [-0.25, -0.2) is 4.79 Å². The summed E-state index contributed by atoms with van der Waals surface area (Å²) in [5.74, 6) is -0.0158. The molecule has 0 spiro atoms. The highest BCUT2D eigenvalue weighted by atomic mass is 16.2. The van der Waals surface area contributed by atoms with Crippen LogP contribution in [-0.4, -0.2) is 43.0 Å². The summed E-state index contributed by atoms with van der Waals surface area (Å²) in [4.78, 5) is 27.4. The predicted octanol–water partition coefficient (Wildman–Crippen LogP) is 2.25. The van der Waals surface area contributed by atoms with E-state index in [1.807, 2.05) is 26.0 Å². The van der Waals surface area contributed by atoms with Crippen LogP contribution in [0, 0.1) is 0 Å². The highest BCUT2D eigenvalue weighted by Crippen LogP contribution is 2.18. The fourth-order valence-electron chi connectivity index (χ4n) is 2.34. The van der Waals surface area contributed by atoms with Crippen LogP contribution in [0.1, 0.15) is 24.2 Å². The zero-order valence-electron chi connectivity index (χ0n) is 12.6. The Kier molecular flexibility index (Phi) is 4.62. The van der Waals surface area contributed by atoms with Crippen LogP contribution >= 0.6 is 0 Å². The lowest BCUT2D eigenvalue weighted by molar-refractivity contribution is 0.0778. The third-order valence-corrected chi connectivity index (χ3v) is 3.41. The van der Waals surface area contributed by atoms with Gasteiger partial charge in [-0.2, -0.15) is 0 Å². The van der Waals surface area contributed by atoms with Gasteiger partial charge in [-0.05, 0) is 38.1 Å². The maximum Gasteiger partial charge on any atom is 0.321 e. The molecule has 1 aliphatic heterocycles. The Morgan fingerprint density at radius 2 is 2.05 bits per heavy atom. The first-order valence-electron chi connectivity index (χ1n) is 7.12. The molecule has 0 saturated carbocycles. The normalized spacial score (nSPS) is 14.0. The molecule has 2 rings (SSSR count). The van der Waals surface area contributed by atoms with Crippen molar-refractivity contribution in [2.24, 2.45) is 0 Å². The molecule has 1 N–H and O–H groups in total. The van der Waals surface area contributed by atoms with Crippen molar-refractivity contribution in [1.29, 1.82) is 0 Å². The van der Waals surface area contributed by atoms with Gasteiger partial charge >= 0.3 is 6.03 Å². The first-order valence-corrected chi connectivity index (χ1v) is 7.12. The number of carbonyl (C=O) groups excluding carboxylic acids is 2. The van der Waals surface area contributed by atoms with Crippen molar-refractivity contribution in [2.75, 3.05) is 31.1 Å². The van der Waals surface area contributed by atoms with E-state index in [9.17, 15) is 9.59 Å². The van der Waals surface area contributed by atoms with Crippen molar-refractivity contribution in [3.63, 3.8) is 0 Å². The quantitative estimate of drug-likeness (QED) is 0.845. The molecule has 1 fully saturated rings. The summed E-state index contributed by atoms with van der Waals surface area (Å²) in [6, 6.07) is 7.07. The van der Waals surface area contributed by atoms with E-state index in [2.05, 4.69) is 11.9 Å². The number of hydrogen-bond donors (Lipinski definition) is 1. The lowest BCUT2D eigenvalue weighted by Gasteiger charge is -2.21. The molecule has 0 bridgehead atoms. The number of amides is 3. The average Bonchev–Trinajstić information content (AvgIpc) is 2.90. The van der Waals surface area contributed by atoms with E-state index in [4.69, 9.17) is 0 Å². The van der Waals surface area contributed by atoms with Crippen molar-refractivity contribution in [3.05, 3.63) is 42.0 Å². The molecule has 21 heavy (non-hydrogen) atoms. The number of carbonyl (C=O) groups is 2. The zero-order chi connectivity index (χ0) is 15.4. The molecule has 1 aromatic carbocycles. The van der Waals surface area contributed by atoms with Crippen LogP contribution in [0.5, 0.6) is 0 Å². The Morgan fingerprint density at radius 1 is 1.38 bits per heavy atom. The highest BCUT2D eigenvalue weighted by Gasteiger charge is 2.21. The smallest absolute Gasteiger partial charge is 0.321 e. The molecule has 0 aliphatic carbocycles. The lowest BCUT2D eigenvalue weighted by atomic mass is 10.1. The van der Waals surface area contributed by atoms with E-state index < -0.39 is 0 Å². The van der Waals surface area contributed by atoms with Gasteiger partial charge in [0.2, 0.25) is 0 Å². The minimum Gasteiger partial charge on any atom is -0.336 e. The summed E-state index contributed by atoms with van der Waals surface area (Å²) in [6.45, 7) is 10.2. The van der Waals surface area contributed by atoms with Crippen molar-refractivity contribution >= 4 is 17.6 Å². The Morgan fingerprint density at radius 3 is 2.52 bits per heavy atom. The van der Waals surface area contributed by atoms with Crippen molar-refractivity contribution in [1.82, 2.24) is 10.2 Å². The first-order chi connectivity index (χ1) is 10.0. The van der Waals surface area contributed by atoms with Crippen LogP contribution in [0.3, 0.4) is 0 Å². The van der Waals surface area contributed by atoms with Crippen LogP contribution in [-0.2, 0) is 0 Å². The number of anilines is 1. The molecule has 5 heteroatoms. The second-order valence-electron chi connectivity index (χ2n) is 5.21. The van der Waals surface area contributed by atoms with Crippen molar-refractivity contribution < 1.29 is 9.59 Å². The van der Waals surface area contributed by atoms with Gasteiger partial charge in [0.1, 0.15) is 0 Å². The number of urea groups is 1. The van der Waals surface area contributed by atoms with E-state index in [0.29, 0.717) is 31.7 Å². The second kappa shape index (κ2) is 6.43. The lowest BCUT2D eigenvalue weighted by Crippen LogP contribution is -2.32. The molecule has 1 saturated heterocycles. The van der Waals surface area contributed by atoms with Crippen LogP contribution in [0.2, 0.25) is 0 Å². The molecule has 1 aliphatic rings. The van der Waals surface area contributed by atoms with Gasteiger partial charge in [-0.3, -0.25) is 9.69 Å². The molecule has 1 aromatic rings. The molecule has 0 aromatic heterocycles. The van der Waals surface area contributed by atoms with Gasteiger partial charge in [0.05, 0.1) is 0 Å². The fourth-order valence-corrected chi connectivity index (χ4v) is 2.34. The topological polar surface area (TPSA) is 52.7 Å². The van der Waals surface area contributed by atoms with E-state index in [0.717, 1.165) is 11.3 Å². The monoisotopic (exact) mass is 287 g/mol. The molecule has 5 nitrogen and oxygen atoms in total. The van der Waals surface area contributed by atoms with Crippen LogP contribution in [0.4, 0.5) is 10.5 Å². The van der Waals surface area contributed by atoms with Gasteiger partial charge in [-0.1, -0.05) is 12.2 Å². The molecular formula is C16H21N3O2. The molecule has 3 amide bonds. The Labute approximate surface area is 125 Å². The Bertz CT molecular complexity index is 551. The highest BCUT2D eigenvalue weighted by molar-refractivity contribution is 5.97. The van der Waals surface area contributed by atoms with Gasteiger partial charge in [0, 0.05) is 37.4 Å². The van der Waals surface area contributed by atoms with Crippen LogP contribution in [0.25, 0.3) is 0 Å². The summed E-state index contributed by atoms with van der Waals surface area (Å²) in [5, 5.41) is 2.76.